The van der Waals surface area contributed by atoms with E-state index in [0.29, 0.717) is 16.9 Å². The Morgan fingerprint density at radius 1 is 1.08 bits per heavy atom. The number of aliphatic hydroxyl groups excluding tert-OH is 1. The fourth-order valence-electron chi connectivity index (χ4n) is 2.39. The van der Waals surface area contributed by atoms with Crippen LogP contribution in [-0.4, -0.2) is 16.7 Å². The first-order chi connectivity index (χ1) is 11.5. The molecule has 0 amide bonds. The maximum absolute atomic E-state index is 11.6. The molecule has 0 aliphatic heterocycles. The van der Waals surface area contributed by atoms with Crippen molar-refractivity contribution in [2.24, 2.45) is 0 Å². The summed E-state index contributed by atoms with van der Waals surface area (Å²) in [4.78, 5) is 11.6. The molecule has 2 rings (SSSR count). The van der Waals surface area contributed by atoms with Crippen LogP contribution < -0.4 is 9.47 Å². The van der Waals surface area contributed by atoms with E-state index in [0.717, 1.165) is 28.6 Å². The Balaban J connectivity index is 2.28. The van der Waals surface area contributed by atoms with E-state index in [1.165, 1.54) is 5.56 Å². The van der Waals surface area contributed by atoms with Crippen LogP contribution in [-0.2, 0) is 13.2 Å². The lowest BCUT2D eigenvalue weighted by Gasteiger charge is -2.16. The first-order valence-corrected chi connectivity index (χ1v) is 8.86. The lowest BCUT2D eigenvalue weighted by molar-refractivity contribution is 0.224. The van der Waals surface area contributed by atoms with Crippen molar-refractivity contribution in [3.8, 4) is 11.5 Å². The second-order valence-electron chi connectivity index (χ2n) is 5.60. The Kier molecular flexibility index (Phi) is 6.29. The molecule has 2 aromatic carbocycles. The molecule has 0 unspecified atom stereocenters. The van der Waals surface area contributed by atoms with Crippen molar-refractivity contribution in [3.05, 3.63) is 58.1 Å². The summed E-state index contributed by atoms with van der Waals surface area (Å²) in [5.74, 6) is 1.20. The molecule has 0 spiro atoms. The number of rotatable bonds is 5. The maximum Gasteiger partial charge on any atom is 0.372 e. The molecular weight excluding hydrogens is 324 g/mol. The maximum atomic E-state index is 11.6. The van der Waals surface area contributed by atoms with Crippen molar-refractivity contribution in [3.63, 3.8) is 0 Å². The fraction of sp³-hybridized carbons (Fsp3) is 0.316. The van der Waals surface area contributed by atoms with Gasteiger partial charge >= 0.3 is 5.30 Å². The molecule has 1 N–H and O–H groups in total. The molecular formula is C19H22O4S. The van der Waals surface area contributed by atoms with Gasteiger partial charge in [-0.1, -0.05) is 18.2 Å². The van der Waals surface area contributed by atoms with Gasteiger partial charge in [-0.3, -0.25) is 0 Å². The van der Waals surface area contributed by atoms with Crippen LogP contribution in [0.25, 0.3) is 0 Å². The van der Waals surface area contributed by atoms with Crippen molar-refractivity contribution in [1.82, 2.24) is 0 Å². The Hall–Kier alpha value is -1.98. The van der Waals surface area contributed by atoms with Crippen LogP contribution in [0.4, 0.5) is 4.79 Å². The molecule has 0 fully saturated rings. The number of carbonyl (C=O) groups is 1. The van der Waals surface area contributed by atoms with Gasteiger partial charge in [-0.25, -0.2) is 4.79 Å². The van der Waals surface area contributed by atoms with Crippen LogP contribution in [0.15, 0.2) is 30.3 Å². The molecule has 0 aliphatic rings. The third kappa shape index (κ3) is 4.30. The van der Waals surface area contributed by atoms with Crippen LogP contribution in [0.2, 0.25) is 0 Å². The van der Waals surface area contributed by atoms with Gasteiger partial charge in [0.1, 0.15) is 18.1 Å². The highest BCUT2D eigenvalue weighted by molar-refractivity contribution is 8.12. The van der Waals surface area contributed by atoms with Gasteiger partial charge in [-0.05, 0) is 73.2 Å². The first kappa shape index (κ1) is 18.4. The molecule has 4 nitrogen and oxygen atoms in total. The van der Waals surface area contributed by atoms with Gasteiger partial charge in [-0.15, -0.1) is 0 Å². The van der Waals surface area contributed by atoms with E-state index >= 15 is 0 Å². The minimum atomic E-state index is -0.395. The average Bonchev–Trinajstić information content (AvgIpc) is 2.57. The molecule has 0 heterocycles. The molecule has 128 valence electrons. The first-order valence-electron chi connectivity index (χ1n) is 7.64. The second-order valence-corrected chi connectivity index (χ2v) is 6.34. The highest BCUT2D eigenvalue weighted by atomic mass is 32.2. The quantitative estimate of drug-likeness (QED) is 0.805. The number of hydrogen-bond acceptors (Lipinski definition) is 5. The van der Waals surface area contributed by atoms with Crippen LogP contribution in [0.5, 0.6) is 11.5 Å². The zero-order chi connectivity index (χ0) is 17.7. The predicted molar refractivity (Wildman–Crippen MR) is 96.9 cm³/mol. The molecule has 0 radical (unpaired) electrons. The van der Waals surface area contributed by atoms with Crippen molar-refractivity contribution >= 4 is 17.1 Å². The van der Waals surface area contributed by atoms with Gasteiger partial charge in [0.15, 0.2) is 0 Å². The van der Waals surface area contributed by atoms with Crippen LogP contribution in [0.3, 0.4) is 0 Å². The summed E-state index contributed by atoms with van der Waals surface area (Å²) < 4.78 is 11.3. The molecule has 24 heavy (non-hydrogen) atoms. The van der Waals surface area contributed by atoms with E-state index in [4.69, 9.17) is 9.47 Å². The lowest BCUT2D eigenvalue weighted by atomic mass is 10.1. The standard InChI is InChI=1S/C19H22O4S/c1-12-8-14(3)18(9-13(12)2)22-11-16-15(10-20)6-5-7-17(16)23-19(21)24-4/h5-9,20H,10-11H2,1-4H3. The smallest absolute Gasteiger partial charge is 0.372 e. The summed E-state index contributed by atoms with van der Waals surface area (Å²) in [5.41, 5.74) is 4.77. The number of ether oxygens (including phenoxy) is 2. The highest BCUT2D eigenvalue weighted by Gasteiger charge is 2.14. The van der Waals surface area contributed by atoms with Crippen molar-refractivity contribution < 1.29 is 19.4 Å². The van der Waals surface area contributed by atoms with Gasteiger partial charge in [-0.2, -0.15) is 0 Å². The number of carbonyl (C=O) groups excluding carboxylic acids is 1. The van der Waals surface area contributed by atoms with E-state index in [1.807, 2.05) is 19.9 Å². The number of aryl methyl sites for hydroxylation is 3. The van der Waals surface area contributed by atoms with Crippen LogP contribution in [0, 0.1) is 20.8 Å². The largest absolute Gasteiger partial charge is 0.488 e. The van der Waals surface area contributed by atoms with Crippen molar-refractivity contribution in [2.45, 2.75) is 34.0 Å². The molecule has 5 heteroatoms. The van der Waals surface area contributed by atoms with Gasteiger partial charge in [0.05, 0.1) is 6.61 Å². The molecule has 2 aromatic rings. The molecule has 0 saturated carbocycles. The monoisotopic (exact) mass is 346 g/mol. The second kappa shape index (κ2) is 8.22. The molecule has 0 atom stereocenters. The Bertz CT molecular complexity index is 740. The van der Waals surface area contributed by atoms with Crippen LogP contribution in [0.1, 0.15) is 27.8 Å². The molecule has 0 aliphatic carbocycles. The third-order valence-corrected chi connectivity index (χ3v) is 4.34. The summed E-state index contributed by atoms with van der Waals surface area (Å²) in [6, 6.07) is 9.33. The Morgan fingerprint density at radius 3 is 2.46 bits per heavy atom. The number of aliphatic hydroxyl groups is 1. The number of benzene rings is 2. The average molecular weight is 346 g/mol. The molecule has 0 saturated heterocycles. The number of hydrogen-bond donors (Lipinski definition) is 1. The Labute approximate surface area is 146 Å². The summed E-state index contributed by atoms with van der Waals surface area (Å²) >= 11 is 0.998. The van der Waals surface area contributed by atoms with Crippen molar-refractivity contribution in [2.75, 3.05) is 6.26 Å². The lowest BCUT2D eigenvalue weighted by Crippen LogP contribution is -2.08. The molecule has 0 aromatic heterocycles. The van der Waals surface area contributed by atoms with E-state index < -0.39 is 5.30 Å². The van der Waals surface area contributed by atoms with Gasteiger partial charge in [0, 0.05) is 5.56 Å². The van der Waals surface area contributed by atoms with Gasteiger partial charge in [0.2, 0.25) is 0 Å². The van der Waals surface area contributed by atoms with E-state index in [-0.39, 0.29) is 13.2 Å². The van der Waals surface area contributed by atoms with Crippen molar-refractivity contribution in [1.29, 1.82) is 0 Å². The third-order valence-electron chi connectivity index (χ3n) is 3.92. The van der Waals surface area contributed by atoms with Gasteiger partial charge < -0.3 is 14.6 Å². The summed E-state index contributed by atoms with van der Waals surface area (Å²) in [6.07, 6.45) is 1.66. The summed E-state index contributed by atoms with van der Waals surface area (Å²) in [5, 5.41) is 9.17. The predicted octanol–water partition coefficient (Wildman–Crippen LogP) is 4.54. The molecule has 0 bridgehead atoms. The van der Waals surface area contributed by atoms with E-state index in [9.17, 15) is 9.90 Å². The topological polar surface area (TPSA) is 55.8 Å². The normalized spacial score (nSPS) is 10.5. The summed E-state index contributed by atoms with van der Waals surface area (Å²) in [6.45, 7) is 6.17. The van der Waals surface area contributed by atoms with E-state index in [2.05, 4.69) is 13.0 Å². The fourth-order valence-corrected chi connectivity index (χ4v) is 2.56. The highest BCUT2D eigenvalue weighted by Crippen LogP contribution is 2.28. The minimum Gasteiger partial charge on any atom is -0.488 e. The van der Waals surface area contributed by atoms with E-state index in [1.54, 1.807) is 24.5 Å². The van der Waals surface area contributed by atoms with Gasteiger partial charge in [0.25, 0.3) is 0 Å². The SMILES string of the molecule is CSC(=O)Oc1cccc(CO)c1COc1cc(C)c(C)cc1C. The Morgan fingerprint density at radius 2 is 1.79 bits per heavy atom. The zero-order valence-corrected chi connectivity index (χ0v) is 15.2. The minimum absolute atomic E-state index is 0.144. The number of thioether (sulfide) groups is 1. The summed E-state index contributed by atoms with van der Waals surface area (Å²) in [7, 11) is 0. The van der Waals surface area contributed by atoms with Crippen LogP contribution >= 0.6 is 11.8 Å². The zero-order valence-electron chi connectivity index (χ0n) is 14.4.